The van der Waals surface area contributed by atoms with Gasteiger partial charge in [0.15, 0.2) is 0 Å². The Morgan fingerprint density at radius 1 is 0.438 bits per heavy atom. The number of aryl methyl sites for hydroxylation is 10. The number of nitrogens with one attached hydrogen (secondary N) is 10. The number of likely N-dealkylation sites (N-methyl/N-ethyl adjacent to an activating group) is 1. The number of likely N-dealkylation sites (tertiary alicyclic amines) is 1. The van der Waals surface area contributed by atoms with Crippen molar-refractivity contribution in [2.75, 3.05) is 110 Å². The summed E-state index contributed by atoms with van der Waals surface area (Å²) < 4.78 is 0. The lowest BCUT2D eigenvalue weighted by molar-refractivity contribution is 0.0909. The minimum atomic E-state index is -0.192. The van der Waals surface area contributed by atoms with E-state index in [4.69, 9.17) is 85.4 Å². The van der Waals surface area contributed by atoms with Crippen LogP contribution >= 0.6 is 60.5 Å². The van der Waals surface area contributed by atoms with Crippen molar-refractivity contribution >= 4 is 162 Å². The van der Waals surface area contributed by atoms with Gasteiger partial charge in [-0.15, -0.1) is 0 Å². The second-order valence-electron chi connectivity index (χ2n) is 33.6. The normalized spacial score (nSPS) is 14.1. The maximum absolute atomic E-state index is 12.7. The molecule has 4 aromatic carbocycles. The molecule has 1 saturated heterocycles. The molecule has 0 bridgehead atoms. The van der Waals surface area contributed by atoms with Crippen molar-refractivity contribution in [3.8, 4) is 45.0 Å². The maximum Gasteiger partial charge on any atom is 0.270 e. The number of piperidine rings is 1. The summed E-state index contributed by atoms with van der Waals surface area (Å²) in [6, 6.07) is 36.0. The third-order valence-corrected chi connectivity index (χ3v) is 23.9. The highest BCUT2D eigenvalue weighted by atomic mass is 35.5. The molecule has 32 heteroatoms. The van der Waals surface area contributed by atoms with Gasteiger partial charge in [0, 0.05) is 154 Å². The molecule has 0 atom stereocenters. The highest BCUT2D eigenvalue weighted by Crippen LogP contribution is 2.41. The first kappa shape index (κ1) is 90.5. The zero-order valence-corrected chi connectivity index (χ0v) is 77.9. The van der Waals surface area contributed by atoms with Gasteiger partial charge in [-0.1, -0.05) is 96.4 Å². The van der Waals surface area contributed by atoms with Gasteiger partial charge >= 0.3 is 0 Å². The van der Waals surface area contributed by atoms with Gasteiger partial charge in [0.1, 0.15) is 11.4 Å². The number of rotatable bonds is 18. The summed E-state index contributed by atoms with van der Waals surface area (Å²) >= 11 is 28.2. The van der Waals surface area contributed by atoms with E-state index in [0.29, 0.717) is 88.8 Å². The average molecular weight is 1800 g/mol. The molecule has 6 aliphatic rings. The van der Waals surface area contributed by atoms with Gasteiger partial charge < -0.3 is 67.9 Å². The number of hydrogen-bond acceptors (Lipinski definition) is 25. The van der Waals surface area contributed by atoms with Crippen LogP contribution in [0, 0.1) is 48.5 Å². The smallest absolute Gasteiger partial charge is 0.270 e. The molecule has 18 rings (SSSR count). The third kappa shape index (κ3) is 22.8. The Morgan fingerprint density at radius 2 is 0.875 bits per heavy atom. The molecule has 128 heavy (non-hydrogen) atoms. The van der Waals surface area contributed by atoms with E-state index in [2.05, 4.69) is 200 Å². The van der Waals surface area contributed by atoms with Gasteiger partial charge in [-0.2, -0.15) is 0 Å². The van der Waals surface area contributed by atoms with Crippen molar-refractivity contribution in [3.63, 3.8) is 0 Å². The first-order valence-corrected chi connectivity index (χ1v) is 44.9. The van der Waals surface area contributed by atoms with Crippen LogP contribution in [0.25, 0.3) is 45.0 Å². The Kier molecular flexibility index (Phi) is 28.8. The van der Waals surface area contributed by atoms with E-state index < -0.39 is 0 Å². The summed E-state index contributed by atoms with van der Waals surface area (Å²) in [4.78, 5) is 90.4. The minimum Gasteiger partial charge on any atom is -0.349 e. The van der Waals surface area contributed by atoms with E-state index in [1.54, 1.807) is 18.3 Å². The molecule has 0 saturated carbocycles. The number of carbonyl (C=O) groups is 2. The molecular formula is C96H104ClN25O2S4. The fourth-order valence-electron chi connectivity index (χ4n) is 15.8. The van der Waals surface area contributed by atoms with Gasteiger partial charge in [0.2, 0.25) is 23.8 Å². The SMILES string of the molecule is Cc1ccc2c(c1)-c1nc(Nc3cc(CCCN(C)C)cnc3C)ncc1CC(=S)N2.Cc1ccc2c(c1)NC(=S)Cc1cnc(Nc3cc4c(nc3C)CCCC4)nc1-2.Cc1ccc2c(c1)NC(=S)Cc1cnc(Nc3ccc(C(=O)NCCN(C)C)nc3C)nc1-2.Cc1nc(C(=O)NC2CCN(C)CC2)ccc1Nc1ncc2c(n1)-c1ccc(Cl)cc1NC(=S)C2. The van der Waals surface area contributed by atoms with Gasteiger partial charge in [0.25, 0.3) is 11.8 Å². The Balaban J connectivity index is 0.000000132. The molecule has 12 aromatic rings. The van der Waals surface area contributed by atoms with E-state index in [9.17, 15) is 9.59 Å². The van der Waals surface area contributed by atoms with E-state index in [-0.39, 0.29) is 17.9 Å². The number of carbonyl (C=O) groups excluding carboxylic acids is 2. The van der Waals surface area contributed by atoms with Crippen LogP contribution in [0.1, 0.15) is 132 Å². The number of benzene rings is 4. The lowest BCUT2D eigenvalue weighted by Crippen LogP contribution is -2.43. The Labute approximate surface area is 773 Å². The summed E-state index contributed by atoms with van der Waals surface area (Å²) in [6.45, 7) is 18.3. The van der Waals surface area contributed by atoms with E-state index in [0.717, 1.165) is 209 Å². The molecule has 5 aliphatic heterocycles. The standard InChI is InChI=1S/C25H26ClN7OS.C24H27N7OS.C24H28N6S.C23H23N5S/c1-14-19(5-6-20(28-14)24(34)29-17-7-9-33(2)10-8-17)31-25-27-13-15-11-22(35)30-21-12-16(26)3-4-18(21)23(15)32-25;1-14-5-6-17-20(11-14)28-21(33)12-16-13-26-24(30-22(16)17)29-18-7-8-19(27-15(18)2)23(32)25-9-10-31(3)4;1-15-7-8-20-19(10-15)23-18(12-22(31)27-20)14-26-24(29-23)28-21-11-17(13-25-16(21)2)6-5-9-30(3)4;1-13-7-8-17-20(9-13)26-21(29)11-16-12-24-23(28-22(16)17)27-19-10-15-5-3-4-6-18(15)25-14(19)2/h3-6,12-13,17H,7-11H2,1-2H3,(H,29,34)(H,30,35)(H,27,31,32);5-8,11,13H,9-10,12H2,1-4H3,(H,25,32)(H,28,33)(H,26,29,30);7-8,10-11,13-14H,5-6,9,12H2,1-4H3,(H,27,31)(H,26,28,29);7-10,12H,3-6,11H2,1-2H3,(H,26,29)(H,24,27,28). The second kappa shape index (κ2) is 40.8. The summed E-state index contributed by atoms with van der Waals surface area (Å²) in [6.07, 6.45) is 20.3. The third-order valence-electron chi connectivity index (χ3n) is 22.7. The molecule has 8 aromatic heterocycles. The molecule has 13 heterocycles. The van der Waals surface area contributed by atoms with Crippen LogP contribution in [0.2, 0.25) is 5.02 Å². The Bertz CT molecular complexity index is 6300. The zero-order chi connectivity index (χ0) is 90.0. The van der Waals surface area contributed by atoms with Crippen LogP contribution in [0.4, 0.5) is 69.3 Å². The first-order chi connectivity index (χ1) is 61.6. The lowest BCUT2D eigenvalue weighted by atomic mass is 9.95. The lowest BCUT2D eigenvalue weighted by Gasteiger charge is -2.29. The van der Waals surface area contributed by atoms with E-state index >= 15 is 0 Å². The number of hydrogen-bond donors (Lipinski definition) is 10. The number of pyridine rings is 4. The predicted octanol–water partition coefficient (Wildman–Crippen LogP) is 17.6. The number of amides is 2. The highest BCUT2D eigenvalue weighted by Gasteiger charge is 2.28. The minimum absolute atomic E-state index is 0.144. The van der Waals surface area contributed by atoms with Crippen LogP contribution in [0.5, 0.6) is 0 Å². The van der Waals surface area contributed by atoms with Crippen molar-refractivity contribution in [1.82, 2.24) is 85.1 Å². The van der Waals surface area contributed by atoms with Crippen molar-refractivity contribution < 1.29 is 9.59 Å². The monoisotopic (exact) mass is 1800 g/mol. The largest absolute Gasteiger partial charge is 0.349 e. The maximum atomic E-state index is 12.7. The summed E-state index contributed by atoms with van der Waals surface area (Å²) in [7, 11) is 10.2. The molecule has 1 aliphatic carbocycles. The first-order valence-electron chi connectivity index (χ1n) is 42.9. The predicted molar refractivity (Wildman–Crippen MR) is 530 cm³/mol. The summed E-state index contributed by atoms with van der Waals surface area (Å²) in [5.74, 6) is 1.71. The molecule has 2 amide bonds. The topological polar surface area (TPSA) is 319 Å². The van der Waals surface area contributed by atoms with Crippen LogP contribution in [0.3, 0.4) is 0 Å². The van der Waals surface area contributed by atoms with Gasteiger partial charge in [-0.25, -0.2) is 49.8 Å². The fourth-order valence-corrected chi connectivity index (χ4v) is 17.1. The molecule has 27 nitrogen and oxygen atoms in total. The fraction of sp³-hybridized carbons (Fsp3) is 0.312. The number of nitrogens with zero attached hydrogens (tertiary/aromatic N) is 15. The van der Waals surface area contributed by atoms with Crippen molar-refractivity contribution in [1.29, 1.82) is 0 Å². The quantitative estimate of drug-likeness (QED) is 0.0357. The van der Waals surface area contributed by atoms with E-state index in [1.807, 2.05) is 109 Å². The molecule has 0 spiro atoms. The Hall–Kier alpha value is -12.3. The second-order valence-corrected chi connectivity index (χ2v) is 36.0. The molecule has 0 radical (unpaired) electrons. The van der Waals surface area contributed by atoms with Crippen LogP contribution in [-0.4, -0.2) is 180 Å². The van der Waals surface area contributed by atoms with Crippen LogP contribution in [0.15, 0.2) is 140 Å². The number of anilines is 12. The summed E-state index contributed by atoms with van der Waals surface area (Å²) in [5.41, 5.74) is 30.0. The van der Waals surface area contributed by atoms with Gasteiger partial charge in [-0.05, 0) is 256 Å². The highest BCUT2D eigenvalue weighted by molar-refractivity contribution is 7.81. The number of aromatic nitrogens is 12. The van der Waals surface area contributed by atoms with Gasteiger partial charge in [0.05, 0.1) is 88.3 Å². The van der Waals surface area contributed by atoms with Crippen LogP contribution in [-0.2, 0) is 44.9 Å². The van der Waals surface area contributed by atoms with Gasteiger partial charge in [-0.3, -0.25) is 19.6 Å². The van der Waals surface area contributed by atoms with Crippen molar-refractivity contribution in [3.05, 3.63) is 235 Å². The molecule has 656 valence electrons. The van der Waals surface area contributed by atoms with Crippen LogP contribution < -0.4 is 53.2 Å². The van der Waals surface area contributed by atoms with Crippen molar-refractivity contribution in [2.24, 2.45) is 0 Å². The molecule has 1 fully saturated rings. The molecular weight excluding hydrogens is 1700 g/mol. The van der Waals surface area contributed by atoms with E-state index in [1.165, 1.54) is 40.8 Å². The van der Waals surface area contributed by atoms with Crippen molar-refractivity contribution in [2.45, 2.75) is 132 Å². The number of halogens is 1. The number of thiocarbonyl (C=S) groups is 4. The molecule has 0 unspecified atom stereocenters. The zero-order valence-electron chi connectivity index (χ0n) is 73.9. The Morgan fingerprint density at radius 3 is 1.38 bits per heavy atom. The average Bonchev–Trinajstić information content (AvgIpc) is 1.78. The summed E-state index contributed by atoms with van der Waals surface area (Å²) in [5, 5.41) is 33.2. The molecule has 10 N–H and O–H groups in total. The number of fused-ring (bicyclic) bond motifs is 13.